The summed E-state index contributed by atoms with van der Waals surface area (Å²) in [6, 6.07) is 4.37. The van der Waals surface area contributed by atoms with Crippen molar-refractivity contribution in [2.45, 2.75) is 69.7 Å². The number of hydrogen-bond donors (Lipinski definition) is 2. The van der Waals surface area contributed by atoms with Crippen molar-refractivity contribution in [1.29, 1.82) is 0 Å². The van der Waals surface area contributed by atoms with Gasteiger partial charge < -0.3 is 10.4 Å². The summed E-state index contributed by atoms with van der Waals surface area (Å²) in [5.74, 6) is 0. The molecular formula is C15H23N3O2. The summed E-state index contributed by atoms with van der Waals surface area (Å²) in [6.07, 6.45) is 5.92. The van der Waals surface area contributed by atoms with E-state index in [4.69, 9.17) is 0 Å². The fourth-order valence-corrected chi connectivity index (χ4v) is 3.25. The summed E-state index contributed by atoms with van der Waals surface area (Å²) in [7, 11) is 0. The third-order valence-corrected chi connectivity index (χ3v) is 4.69. The highest BCUT2D eigenvalue weighted by Gasteiger charge is 2.32. The van der Waals surface area contributed by atoms with Gasteiger partial charge in [-0.25, -0.2) is 4.68 Å². The van der Waals surface area contributed by atoms with Gasteiger partial charge in [-0.05, 0) is 51.5 Å². The molecule has 2 N–H and O–H groups in total. The van der Waals surface area contributed by atoms with E-state index in [0.717, 1.165) is 44.2 Å². The van der Waals surface area contributed by atoms with Crippen LogP contribution in [0.15, 0.2) is 16.9 Å². The van der Waals surface area contributed by atoms with Gasteiger partial charge in [0.15, 0.2) is 0 Å². The van der Waals surface area contributed by atoms with Crippen molar-refractivity contribution in [1.82, 2.24) is 15.1 Å². The molecule has 0 saturated heterocycles. The Labute approximate surface area is 119 Å². The molecule has 2 aliphatic carbocycles. The molecule has 2 saturated carbocycles. The lowest BCUT2D eigenvalue weighted by Crippen LogP contribution is -2.52. The molecule has 2 aliphatic rings. The minimum Gasteiger partial charge on any atom is -0.392 e. The standard InChI is InChI=1S/C15H23N3O2/c1-10-2-9-15(20)18(17-10)12-5-3-11(4-6-12)16-13-7-8-14(13)19/h2,9,11-14,16,19H,3-8H2,1H3. The molecule has 2 unspecified atom stereocenters. The van der Waals surface area contributed by atoms with E-state index in [1.165, 1.54) is 0 Å². The molecule has 0 aliphatic heterocycles. The van der Waals surface area contributed by atoms with Crippen LogP contribution in [0.4, 0.5) is 0 Å². The zero-order valence-electron chi connectivity index (χ0n) is 12.0. The van der Waals surface area contributed by atoms with Crippen LogP contribution in [-0.4, -0.2) is 33.1 Å². The number of nitrogens with one attached hydrogen (secondary N) is 1. The van der Waals surface area contributed by atoms with E-state index in [9.17, 15) is 9.90 Å². The SMILES string of the molecule is Cc1ccc(=O)n(C2CCC(NC3CCC3O)CC2)n1. The summed E-state index contributed by atoms with van der Waals surface area (Å²) in [5, 5.41) is 17.5. The van der Waals surface area contributed by atoms with Gasteiger partial charge in [0.05, 0.1) is 17.8 Å². The van der Waals surface area contributed by atoms with Crippen molar-refractivity contribution >= 4 is 0 Å². The molecule has 5 heteroatoms. The maximum Gasteiger partial charge on any atom is 0.267 e. The largest absolute Gasteiger partial charge is 0.392 e. The molecule has 0 bridgehead atoms. The third-order valence-electron chi connectivity index (χ3n) is 4.69. The third kappa shape index (κ3) is 2.79. The Morgan fingerprint density at radius 2 is 1.95 bits per heavy atom. The summed E-state index contributed by atoms with van der Waals surface area (Å²) < 4.78 is 1.66. The second kappa shape index (κ2) is 5.66. The average Bonchev–Trinajstić information content (AvgIpc) is 2.46. The van der Waals surface area contributed by atoms with Crippen LogP contribution in [0.3, 0.4) is 0 Å². The minimum atomic E-state index is -0.159. The molecule has 1 aromatic rings. The number of aliphatic hydroxyl groups excluding tert-OH is 1. The van der Waals surface area contributed by atoms with Gasteiger partial charge in [-0.1, -0.05) is 0 Å². The molecule has 3 rings (SSSR count). The lowest BCUT2D eigenvalue weighted by Gasteiger charge is -2.38. The Kier molecular flexibility index (Phi) is 3.89. The highest BCUT2D eigenvalue weighted by atomic mass is 16.3. The molecule has 2 atom stereocenters. The highest BCUT2D eigenvalue weighted by Crippen LogP contribution is 2.29. The van der Waals surface area contributed by atoms with Crippen LogP contribution >= 0.6 is 0 Å². The number of nitrogens with zero attached hydrogens (tertiary/aromatic N) is 2. The van der Waals surface area contributed by atoms with Crippen molar-refractivity contribution in [3.05, 3.63) is 28.2 Å². The Balaban J connectivity index is 1.58. The first-order chi connectivity index (χ1) is 9.63. The van der Waals surface area contributed by atoms with Crippen molar-refractivity contribution < 1.29 is 5.11 Å². The second-order valence-corrected chi connectivity index (χ2v) is 6.18. The Hall–Kier alpha value is -1.20. The number of hydrogen-bond acceptors (Lipinski definition) is 4. The maximum atomic E-state index is 11.9. The summed E-state index contributed by atoms with van der Waals surface area (Å²) in [5.41, 5.74) is 0.892. The molecular weight excluding hydrogens is 254 g/mol. The number of aromatic nitrogens is 2. The van der Waals surface area contributed by atoms with E-state index in [1.54, 1.807) is 16.8 Å². The summed E-state index contributed by atoms with van der Waals surface area (Å²) >= 11 is 0. The van der Waals surface area contributed by atoms with Gasteiger partial charge in [-0.15, -0.1) is 0 Å². The van der Waals surface area contributed by atoms with Crippen molar-refractivity contribution in [2.75, 3.05) is 0 Å². The monoisotopic (exact) mass is 277 g/mol. The molecule has 0 amide bonds. The van der Waals surface area contributed by atoms with Gasteiger partial charge in [0.25, 0.3) is 5.56 Å². The van der Waals surface area contributed by atoms with Crippen LogP contribution in [0.25, 0.3) is 0 Å². The van der Waals surface area contributed by atoms with Crippen LogP contribution in [-0.2, 0) is 0 Å². The Morgan fingerprint density at radius 1 is 1.20 bits per heavy atom. The van der Waals surface area contributed by atoms with Crippen LogP contribution in [0.5, 0.6) is 0 Å². The summed E-state index contributed by atoms with van der Waals surface area (Å²) in [6.45, 7) is 1.92. The molecule has 1 heterocycles. The van der Waals surface area contributed by atoms with Gasteiger partial charge >= 0.3 is 0 Å². The predicted octanol–water partition coefficient (Wildman–Crippen LogP) is 1.15. The fraction of sp³-hybridized carbons (Fsp3) is 0.733. The molecule has 2 fully saturated rings. The Morgan fingerprint density at radius 3 is 2.55 bits per heavy atom. The van der Waals surface area contributed by atoms with E-state index in [-0.39, 0.29) is 23.7 Å². The maximum absolute atomic E-state index is 11.9. The zero-order valence-corrected chi connectivity index (χ0v) is 12.0. The number of rotatable bonds is 3. The highest BCUT2D eigenvalue weighted by molar-refractivity contribution is 4.99. The molecule has 1 aromatic heterocycles. The molecule has 5 nitrogen and oxygen atoms in total. The fourth-order valence-electron chi connectivity index (χ4n) is 3.25. The quantitative estimate of drug-likeness (QED) is 0.869. The average molecular weight is 277 g/mol. The second-order valence-electron chi connectivity index (χ2n) is 6.18. The van der Waals surface area contributed by atoms with Crippen molar-refractivity contribution in [3.8, 4) is 0 Å². The van der Waals surface area contributed by atoms with Crippen molar-refractivity contribution in [2.24, 2.45) is 0 Å². The first-order valence-electron chi connectivity index (χ1n) is 7.64. The van der Waals surface area contributed by atoms with E-state index in [1.807, 2.05) is 6.92 Å². The molecule has 110 valence electrons. The zero-order chi connectivity index (χ0) is 14.1. The van der Waals surface area contributed by atoms with E-state index < -0.39 is 0 Å². The van der Waals surface area contributed by atoms with Gasteiger partial charge in [0, 0.05) is 18.2 Å². The molecule has 20 heavy (non-hydrogen) atoms. The van der Waals surface area contributed by atoms with Crippen LogP contribution in [0.1, 0.15) is 50.3 Å². The van der Waals surface area contributed by atoms with E-state index >= 15 is 0 Å². The lowest BCUT2D eigenvalue weighted by atomic mass is 9.85. The van der Waals surface area contributed by atoms with Crippen LogP contribution in [0, 0.1) is 6.92 Å². The van der Waals surface area contributed by atoms with Gasteiger partial charge in [0.2, 0.25) is 0 Å². The first kappa shape index (κ1) is 13.8. The minimum absolute atomic E-state index is 0.00132. The smallest absolute Gasteiger partial charge is 0.267 e. The number of aliphatic hydroxyl groups is 1. The summed E-state index contributed by atoms with van der Waals surface area (Å²) in [4.78, 5) is 11.9. The lowest BCUT2D eigenvalue weighted by molar-refractivity contribution is 0.0397. The number of aryl methyl sites for hydroxylation is 1. The first-order valence-corrected chi connectivity index (χ1v) is 7.64. The topological polar surface area (TPSA) is 67.2 Å². The van der Waals surface area contributed by atoms with Crippen molar-refractivity contribution in [3.63, 3.8) is 0 Å². The van der Waals surface area contributed by atoms with Gasteiger partial charge in [0.1, 0.15) is 0 Å². The van der Waals surface area contributed by atoms with Crippen LogP contribution < -0.4 is 10.9 Å². The van der Waals surface area contributed by atoms with Crippen LogP contribution in [0.2, 0.25) is 0 Å². The van der Waals surface area contributed by atoms with Gasteiger partial charge in [-0.2, -0.15) is 5.10 Å². The van der Waals surface area contributed by atoms with Gasteiger partial charge in [-0.3, -0.25) is 4.79 Å². The molecule has 0 radical (unpaired) electrons. The molecule has 0 spiro atoms. The normalized spacial score (nSPS) is 33.7. The van der Waals surface area contributed by atoms with E-state index in [2.05, 4.69) is 10.4 Å². The predicted molar refractivity (Wildman–Crippen MR) is 76.7 cm³/mol. The molecule has 0 aromatic carbocycles. The Bertz CT molecular complexity index is 520. The van der Waals surface area contributed by atoms with E-state index in [0.29, 0.717) is 6.04 Å².